The lowest BCUT2D eigenvalue weighted by Gasteiger charge is -2.49. The predicted molar refractivity (Wildman–Crippen MR) is 139 cm³/mol. The summed E-state index contributed by atoms with van der Waals surface area (Å²) in [5.41, 5.74) is -1.42. The number of anilines is 1. The Morgan fingerprint density at radius 3 is 2.58 bits per heavy atom. The van der Waals surface area contributed by atoms with Crippen LogP contribution in [-0.4, -0.2) is 66.7 Å². The largest absolute Gasteiger partial charge is 0.416 e. The second-order valence-electron chi connectivity index (χ2n) is 10.9. The predicted octanol–water partition coefficient (Wildman–Crippen LogP) is 5.27. The third-order valence-electron chi connectivity index (χ3n) is 7.97. The molecular formula is C28H30F5N5O2. The minimum Gasteiger partial charge on any atom is -0.376 e. The number of hydrogen-bond acceptors (Lipinski definition) is 5. The first-order valence-corrected chi connectivity index (χ1v) is 12.9. The van der Waals surface area contributed by atoms with Crippen LogP contribution in [0.15, 0.2) is 36.4 Å². The van der Waals surface area contributed by atoms with E-state index in [0.29, 0.717) is 30.8 Å². The van der Waals surface area contributed by atoms with Gasteiger partial charge in [0.05, 0.1) is 36.6 Å². The van der Waals surface area contributed by atoms with Gasteiger partial charge in [-0.2, -0.15) is 13.2 Å². The van der Waals surface area contributed by atoms with Gasteiger partial charge >= 0.3 is 6.18 Å². The van der Waals surface area contributed by atoms with Gasteiger partial charge in [-0.3, -0.25) is 20.5 Å². The molecule has 7 nitrogen and oxygen atoms in total. The Morgan fingerprint density at radius 2 is 1.95 bits per heavy atom. The summed E-state index contributed by atoms with van der Waals surface area (Å²) in [5, 5.41) is 16.0. The topological polar surface area (TPSA) is 83.7 Å². The standard InChI is InChI=1S/C28H30F5N5O2/c1-17-11-37(6-7-40-17)12-18-8-21-22(23(9-18)28(31,32)33)13-38(24(21)39)20-5-3-4-19(10-20)26(14-27(29,30)15-26)25(35)36(2)16-34/h3-5,8-10,16-17,34-35H,6-7,11-15H2,1-2H3/t17-/m1/s1. The summed E-state index contributed by atoms with van der Waals surface area (Å²) in [6.07, 6.45) is -5.15. The Hall–Kier alpha value is -3.38. The number of benzene rings is 2. The Morgan fingerprint density at radius 1 is 1.23 bits per heavy atom. The number of ether oxygens (including phenoxy) is 1. The number of halogens is 5. The maximum Gasteiger partial charge on any atom is 0.416 e. The summed E-state index contributed by atoms with van der Waals surface area (Å²) in [6.45, 7) is 3.42. The first kappa shape index (κ1) is 28.2. The molecule has 0 bridgehead atoms. The molecule has 40 heavy (non-hydrogen) atoms. The summed E-state index contributed by atoms with van der Waals surface area (Å²) < 4.78 is 76.3. The van der Waals surface area contributed by atoms with Crippen LogP contribution >= 0.6 is 0 Å². The molecule has 2 aliphatic heterocycles. The minimum absolute atomic E-state index is 0.0299. The van der Waals surface area contributed by atoms with E-state index >= 15 is 0 Å². The van der Waals surface area contributed by atoms with Crippen molar-refractivity contribution in [3.63, 3.8) is 0 Å². The van der Waals surface area contributed by atoms with Gasteiger partial charge in [0.2, 0.25) is 0 Å². The highest BCUT2D eigenvalue weighted by Crippen LogP contribution is 2.55. The van der Waals surface area contributed by atoms with Crippen LogP contribution in [0.4, 0.5) is 27.6 Å². The molecule has 0 spiro atoms. The van der Waals surface area contributed by atoms with Gasteiger partial charge in [-0.25, -0.2) is 8.78 Å². The molecule has 1 aliphatic carbocycles. The normalized spacial score (nSPS) is 22.0. The number of fused-ring (bicyclic) bond motifs is 1. The molecular weight excluding hydrogens is 533 g/mol. The molecule has 2 aromatic carbocycles. The fourth-order valence-electron chi connectivity index (χ4n) is 6.03. The van der Waals surface area contributed by atoms with Crippen molar-refractivity contribution in [2.24, 2.45) is 0 Å². The number of amides is 1. The van der Waals surface area contributed by atoms with Gasteiger partial charge in [-0.05, 0) is 47.9 Å². The molecule has 1 saturated heterocycles. The van der Waals surface area contributed by atoms with Gasteiger partial charge < -0.3 is 14.5 Å². The SMILES string of the molecule is C[C@@H]1CN(Cc2cc3c(c(C(F)(F)F)c2)CN(c2cccc(C4(C(=N)N(C)C=N)CC(F)(F)C4)c2)C3=O)CCO1. The third-order valence-corrected chi connectivity index (χ3v) is 7.97. The van der Waals surface area contributed by atoms with Crippen LogP contribution in [0.2, 0.25) is 0 Å². The van der Waals surface area contributed by atoms with Crippen molar-refractivity contribution >= 4 is 23.8 Å². The van der Waals surface area contributed by atoms with Gasteiger partial charge in [0, 0.05) is 50.8 Å². The third kappa shape index (κ3) is 4.98. The molecule has 214 valence electrons. The number of alkyl halides is 5. The van der Waals surface area contributed by atoms with E-state index in [2.05, 4.69) is 0 Å². The number of nitrogens with zero attached hydrogens (tertiary/aromatic N) is 3. The highest BCUT2D eigenvalue weighted by atomic mass is 19.4. The lowest BCUT2D eigenvalue weighted by atomic mass is 9.61. The van der Waals surface area contributed by atoms with Crippen LogP contribution in [0.5, 0.6) is 0 Å². The number of morpholine rings is 1. The molecule has 1 saturated carbocycles. The number of rotatable bonds is 6. The summed E-state index contributed by atoms with van der Waals surface area (Å²) in [7, 11) is 1.42. The molecule has 5 rings (SSSR count). The summed E-state index contributed by atoms with van der Waals surface area (Å²) in [6, 6.07) is 8.78. The zero-order valence-corrected chi connectivity index (χ0v) is 22.1. The summed E-state index contributed by atoms with van der Waals surface area (Å²) in [4.78, 5) is 17.9. The van der Waals surface area contributed by atoms with Crippen LogP contribution in [0.25, 0.3) is 0 Å². The van der Waals surface area contributed by atoms with Gasteiger partial charge in [0.1, 0.15) is 5.84 Å². The van der Waals surface area contributed by atoms with E-state index in [-0.39, 0.29) is 41.8 Å². The van der Waals surface area contributed by atoms with Crippen LogP contribution in [0.1, 0.15) is 52.4 Å². The van der Waals surface area contributed by atoms with Crippen LogP contribution in [-0.2, 0) is 29.4 Å². The number of hydrogen-bond donors (Lipinski definition) is 2. The maximum atomic E-state index is 14.2. The number of likely N-dealkylation sites (N-methyl/N-ethyl adjacent to an activating group) is 1. The van der Waals surface area contributed by atoms with E-state index in [0.717, 1.165) is 17.3 Å². The van der Waals surface area contributed by atoms with E-state index in [1.807, 2.05) is 11.8 Å². The van der Waals surface area contributed by atoms with Crippen molar-refractivity contribution < 1.29 is 31.5 Å². The first-order chi connectivity index (χ1) is 18.7. The zero-order chi connectivity index (χ0) is 29.0. The Bertz CT molecular complexity index is 1350. The Kier molecular flexibility index (Phi) is 6.98. The molecule has 0 radical (unpaired) electrons. The highest BCUT2D eigenvalue weighted by molar-refractivity contribution is 6.10. The van der Waals surface area contributed by atoms with Gasteiger partial charge in [0.15, 0.2) is 0 Å². The van der Waals surface area contributed by atoms with Crippen molar-refractivity contribution in [2.75, 3.05) is 31.6 Å². The maximum absolute atomic E-state index is 14.2. The highest BCUT2D eigenvalue weighted by Gasteiger charge is 2.60. The summed E-state index contributed by atoms with van der Waals surface area (Å²) in [5.74, 6) is -3.79. The van der Waals surface area contributed by atoms with Crippen molar-refractivity contribution in [3.05, 3.63) is 64.2 Å². The lowest BCUT2D eigenvalue weighted by molar-refractivity contribution is -0.138. The molecule has 12 heteroatoms. The average molecular weight is 564 g/mol. The number of carbonyl (C=O) groups is 1. The van der Waals surface area contributed by atoms with Gasteiger partial charge in [-0.1, -0.05) is 12.1 Å². The van der Waals surface area contributed by atoms with Crippen LogP contribution in [0.3, 0.4) is 0 Å². The Balaban J connectivity index is 1.49. The summed E-state index contributed by atoms with van der Waals surface area (Å²) >= 11 is 0. The molecule has 1 atom stereocenters. The van der Waals surface area contributed by atoms with Crippen molar-refractivity contribution in [2.45, 2.75) is 56.5 Å². The van der Waals surface area contributed by atoms with Crippen LogP contribution < -0.4 is 4.90 Å². The molecule has 2 fully saturated rings. The fourth-order valence-corrected chi connectivity index (χ4v) is 6.03. The number of carbonyl (C=O) groups excluding carboxylic acids is 1. The van der Waals surface area contributed by atoms with Crippen molar-refractivity contribution in [3.8, 4) is 0 Å². The Labute approximate surface area is 228 Å². The smallest absolute Gasteiger partial charge is 0.376 e. The van der Waals surface area contributed by atoms with E-state index in [1.165, 1.54) is 24.1 Å². The quantitative estimate of drug-likeness (QED) is 0.285. The zero-order valence-electron chi connectivity index (χ0n) is 22.1. The molecule has 0 aromatic heterocycles. The lowest BCUT2D eigenvalue weighted by Crippen LogP contribution is -2.58. The van der Waals surface area contributed by atoms with E-state index in [9.17, 15) is 26.7 Å². The molecule has 2 N–H and O–H groups in total. The average Bonchev–Trinajstić information content (AvgIpc) is 3.21. The van der Waals surface area contributed by atoms with Crippen molar-refractivity contribution in [1.29, 1.82) is 10.8 Å². The number of nitrogens with one attached hydrogen (secondary N) is 2. The second kappa shape index (κ2) is 9.91. The first-order valence-electron chi connectivity index (χ1n) is 12.9. The second-order valence-corrected chi connectivity index (χ2v) is 10.9. The molecule has 2 heterocycles. The molecule has 1 amide bonds. The fraction of sp³-hybridized carbons (Fsp3) is 0.464. The molecule has 2 aromatic rings. The van der Waals surface area contributed by atoms with Crippen LogP contribution in [0, 0.1) is 10.8 Å². The molecule has 3 aliphatic rings. The van der Waals surface area contributed by atoms with E-state index in [1.54, 1.807) is 18.2 Å². The van der Waals surface area contributed by atoms with E-state index in [4.69, 9.17) is 15.6 Å². The minimum atomic E-state index is -4.68. The molecule has 0 unspecified atom stereocenters. The number of amidine groups is 1. The van der Waals surface area contributed by atoms with Gasteiger partial charge in [0.25, 0.3) is 11.8 Å². The van der Waals surface area contributed by atoms with E-state index < -0.39 is 41.8 Å². The monoisotopic (exact) mass is 563 g/mol. The van der Waals surface area contributed by atoms with Gasteiger partial charge in [-0.15, -0.1) is 0 Å². The van der Waals surface area contributed by atoms with Crippen molar-refractivity contribution in [1.82, 2.24) is 9.80 Å².